The third-order valence-electron chi connectivity index (χ3n) is 2.86. The van der Waals surface area contributed by atoms with Gasteiger partial charge in [0.05, 0.1) is 11.5 Å². The van der Waals surface area contributed by atoms with Gasteiger partial charge in [-0.05, 0) is 24.5 Å². The van der Waals surface area contributed by atoms with Gasteiger partial charge >= 0.3 is 0 Å². The van der Waals surface area contributed by atoms with Gasteiger partial charge in [0.2, 0.25) is 5.91 Å². The SMILES string of the molecule is O=C(C[C@H]1CCS(=O)(=O)C1)Nc1ccccc1. The van der Waals surface area contributed by atoms with Gasteiger partial charge in [0.25, 0.3) is 0 Å². The number of hydrogen-bond donors (Lipinski definition) is 1. The summed E-state index contributed by atoms with van der Waals surface area (Å²) in [6.45, 7) is 0. The molecule has 0 spiro atoms. The highest BCUT2D eigenvalue weighted by Gasteiger charge is 2.29. The second kappa shape index (κ2) is 4.87. The van der Waals surface area contributed by atoms with Gasteiger partial charge < -0.3 is 5.32 Å². The van der Waals surface area contributed by atoms with Crippen LogP contribution in [0.1, 0.15) is 12.8 Å². The van der Waals surface area contributed by atoms with E-state index in [9.17, 15) is 13.2 Å². The van der Waals surface area contributed by atoms with Gasteiger partial charge in [0.1, 0.15) is 0 Å². The Morgan fingerprint density at radius 2 is 2.00 bits per heavy atom. The highest BCUT2D eigenvalue weighted by molar-refractivity contribution is 7.91. The Labute approximate surface area is 101 Å². The number of nitrogens with one attached hydrogen (secondary N) is 1. The van der Waals surface area contributed by atoms with Crippen molar-refractivity contribution < 1.29 is 13.2 Å². The molecule has 1 aromatic rings. The third kappa shape index (κ3) is 3.56. The summed E-state index contributed by atoms with van der Waals surface area (Å²) in [5.74, 6) is 0.230. The summed E-state index contributed by atoms with van der Waals surface area (Å²) in [5, 5.41) is 2.76. The topological polar surface area (TPSA) is 63.2 Å². The van der Waals surface area contributed by atoms with E-state index in [0.29, 0.717) is 6.42 Å². The maximum absolute atomic E-state index is 11.7. The molecule has 1 fully saturated rings. The fourth-order valence-electron chi connectivity index (χ4n) is 2.03. The van der Waals surface area contributed by atoms with Crippen LogP contribution >= 0.6 is 0 Å². The molecule has 0 aromatic heterocycles. The lowest BCUT2D eigenvalue weighted by Gasteiger charge is -2.08. The Morgan fingerprint density at radius 1 is 1.29 bits per heavy atom. The van der Waals surface area contributed by atoms with E-state index in [-0.39, 0.29) is 29.8 Å². The molecular weight excluding hydrogens is 238 g/mol. The van der Waals surface area contributed by atoms with Crippen molar-refractivity contribution in [2.24, 2.45) is 5.92 Å². The van der Waals surface area contributed by atoms with Gasteiger partial charge in [-0.25, -0.2) is 8.42 Å². The highest BCUT2D eigenvalue weighted by atomic mass is 32.2. The smallest absolute Gasteiger partial charge is 0.224 e. The first-order valence-corrected chi connectivity index (χ1v) is 7.43. The van der Waals surface area contributed by atoms with Gasteiger partial charge in [-0.15, -0.1) is 0 Å². The Kier molecular flexibility index (Phi) is 3.47. The number of rotatable bonds is 3. The van der Waals surface area contributed by atoms with Crippen LogP contribution in [-0.4, -0.2) is 25.8 Å². The van der Waals surface area contributed by atoms with Crippen molar-refractivity contribution in [3.63, 3.8) is 0 Å². The third-order valence-corrected chi connectivity index (χ3v) is 4.70. The molecule has 0 bridgehead atoms. The van der Waals surface area contributed by atoms with Crippen molar-refractivity contribution in [1.82, 2.24) is 0 Å². The van der Waals surface area contributed by atoms with Gasteiger partial charge in [-0.2, -0.15) is 0 Å². The zero-order valence-electron chi connectivity index (χ0n) is 9.43. The largest absolute Gasteiger partial charge is 0.326 e. The summed E-state index contributed by atoms with van der Waals surface area (Å²) in [7, 11) is -2.89. The number of amides is 1. The molecule has 1 aliphatic heterocycles. The fraction of sp³-hybridized carbons (Fsp3) is 0.417. The molecule has 5 heteroatoms. The first-order valence-electron chi connectivity index (χ1n) is 5.60. The van der Waals surface area contributed by atoms with E-state index in [4.69, 9.17) is 0 Å². The average molecular weight is 253 g/mol. The van der Waals surface area contributed by atoms with E-state index in [1.165, 1.54) is 0 Å². The molecule has 1 N–H and O–H groups in total. The maximum atomic E-state index is 11.7. The lowest BCUT2D eigenvalue weighted by Crippen LogP contribution is -2.17. The minimum absolute atomic E-state index is 0.0243. The quantitative estimate of drug-likeness (QED) is 0.886. The van der Waals surface area contributed by atoms with Crippen molar-refractivity contribution >= 4 is 21.4 Å². The van der Waals surface area contributed by atoms with Gasteiger partial charge in [-0.1, -0.05) is 18.2 Å². The molecule has 1 amide bonds. The Morgan fingerprint density at radius 3 is 2.59 bits per heavy atom. The molecule has 17 heavy (non-hydrogen) atoms. The van der Waals surface area contributed by atoms with E-state index in [1.54, 1.807) is 0 Å². The number of sulfone groups is 1. The van der Waals surface area contributed by atoms with Crippen LogP contribution in [0.25, 0.3) is 0 Å². The Hall–Kier alpha value is -1.36. The van der Waals surface area contributed by atoms with E-state index >= 15 is 0 Å². The normalized spacial score (nSPS) is 22.2. The summed E-state index contributed by atoms with van der Waals surface area (Å²) in [6.07, 6.45) is 0.888. The molecule has 1 atom stereocenters. The van der Waals surface area contributed by atoms with Crippen LogP contribution < -0.4 is 5.32 Å². The molecule has 92 valence electrons. The number of hydrogen-bond acceptors (Lipinski definition) is 3. The molecule has 1 aliphatic rings. The number of benzene rings is 1. The van der Waals surface area contributed by atoms with Crippen LogP contribution in [0.3, 0.4) is 0 Å². The van der Waals surface area contributed by atoms with Crippen LogP contribution in [0.15, 0.2) is 30.3 Å². The molecule has 1 heterocycles. The van der Waals surface area contributed by atoms with Crippen LogP contribution in [0, 0.1) is 5.92 Å². The standard InChI is InChI=1S/C12H15NO3S/c14-12(13-11-4-2-1-3-5-11)8-10-6-7-17(15,16)9-10/h1-5,10H,6-9H2,(H,13,14)/t10-/m1/s1. The minimum Gasteiger partial charge on any atom is -0.326 e. The van der Waals surface area contributed by atoms with Crippen LogP contribution in [0.4, 0.5) is 5.69 Å². The number of carbonyl (C=O) groups is 1. The summed E-state index contributed by atoms with van der Waals surface area (Å²) in [4.78, 5) is 11.7. The Bertz CT molecular complexity index is 496. The monoisotopic (exact) mass is 253 g/mol. The van der Waals surface area contributed by atoms with Crippen LogP contribution in [0.2, 0.25) is 0 Å². The summed E-state index contributed by atoms with van der Waals surface area (Å²) < 4.78 is 22.5. The number of anilines is 1. The first kappa shape index (κ1) is 12.1. The molecule has 1 saturated heterocycles. The Balaban J connectivity index is 1.87. The van der Waals surface area contributed by atoms with E-state index in [1.807, 2.05) is 30.3 Å². The van der Waals surface area contributed by atoms with Crippen molar-refractivity contribution in [3.8, 4) is 0 Å². The van der Waals surface area contributed by atoms with Gasteiger partial charge in [0.15, 0.2) is 9.84 Å². The molecule has 0 unspecified atom stereocenters. The molecule has 2 rings (SSSR count). The van der Waals surface area contributed by atoms with Crippen LogP contribution in [0.5, 0.6) is 0 Å². The highest BCUT2D eigenvalue weighted by Crippen LogP contribution is 2.22. The zero-order valence-corrected chi connectivity index (χ0v) is 10.2. The molecule has 0 aliphatic carbocycles. The fourth-order valence-corrected chi connectivity index (χ4v) is 3.89. The summed E-state index contributed by atoms with van der Waals surface area (Å²) in [5.41, 5.74) is 0.748. The van der Waals surface area contributed by atoms with E-state index in [2.05, 4.69) is 5.32 Å². The van der Waals surface area contributed by atoms with Crippen molar-refractivity contribution in [2.75, 3.05) is 16.8 Å². The number of para-hydroxylation sites is 1. The second-order valence-corrected chi connectivity index (χ2v) is 6.62. The summed E-state index contributed by atoms with van der Waals surface area (Å²) in [6, 6.07) is 9.18. The predicted octanol–water partition coefficient (Wildman–Crippen LogP) is 1.45. The van der Waals surface area contributed by atoms with Gasteiger partial charge in [-0.3, -0.25) is 4.79 Å². The van der Waals surface area contributed by atoms with Crippen molar-refractivity contribution in [1.29, 1.82) is 0 Å². The predicted molar refractivity (Wildman–Crippen MR) is 66.4 cm³/mol. The molecule has 4 nitrogen and oxygen atoms in total. The molecular formula is C12H15NO3S. The first-order chi connectivity index (χ1) is 8.05. The van der Waals surface area contributed by atoms with E-state index < -0.39 is 9.84 Å². The molecule has 1 aromatic carbocycles. The van der Waals surface area contributed by atoms with E-state index in [0.717, 1.165) is 5.69 Å². The zero-order chi connectivity index (χ0) is 12.3. The molecule has 0 saturated carbocycles. The van der Waals surface area contributed by atoms with Gasteiger partial charge in [0, 0.05) is 12.1 Å². The summed E-state index contributed by atoms with van der Waals surface area (Å²) >= 11 is 0. The molecule has 0 radical (unpaired) electrons. The maximum Gasteiger partial charge on any atom is 0.224 e. The second-order valence-electron chi connectivity index (χ2n) is 4.39. The lowest BCUT2D eigenvalue weighted by atomic mass is 10.1. The number of carbonyl (C=O) groups excluding carboxylic acids is 1. The average Bonchev–Trinajstić information content (AvgIpc) is 2.59. The van der Waals surface area contributed by atoms with Crippen molar-refractivity contribution in [2.45, 2.75) is 12.8 Å². The minimum atomic E-state index is -2.89. The lowest BCUT2D eigenvalue weighted by molar-refractivity contribution is -0.116. The van der Waals surface area contributed by atoms with Crippen LogP contribution in [-0.2, 0) is 14.6 Å². The van der Waals surface area contributed by atoms with Crippen molar-refractivity contribution in [3.05, 3.63) is 30.3 Å².